The lowest BCUT2D eigenvalue weighted by molar-refractivity contribution is 0.635. The van der Waals surface area contributed by atoms with Crippen molar-refractivity contribution in [3.05, 3.63) is 40.0 Å². The quantitative estimate of drug-likeness (QED) is 0.833. The number of halogens is 2. The second-order valence-electron chi connectivity index (χ2n) is 5.35. The number of anilines is 1. The van der Waals surface area contributed by atoms with Crippen LogP contribution in [0.5, 0.6) is 0 Å². The average molecular weight is 324 g/mol. The Labute approximate surface area is 135 Å². The topological polar surface area (TPSA) is 37.8 Å². The number of hydrogen-bond donors (Lipinski definition) is 1. The summed E-state index contributed by atoms with van der Waals surface area (Å²) in [5, 5.41) is 4.41. The van der Waals surface area contributed by atoms with Crippen molar-refractivity contribution in [1.29, 1.82) is 0 Å². The van der Waals surface area contributed by atoms with Gasteiger partial charge in [0.25, 0.3) is 0 Å². The van der Waals surface area contributed by atoms with Gasteiger partial charge in [0, 0.05) is 33.9 Å². The molecule has 0 saturated heterocycles. The van der Waals surface area contributed by atoms with Crippen LogP contribution in [0.15, 0.2) is 24.3 Å². The van der Waals surface area contributed by atoms with E-state index >= 15 is 0 Å². The van der Waals surface area contributed by atoms with Crippen molar-refractivity contribution in [3.63, 3.8) is 0 Å². The Balaban J connectivity index is 2.47. The van der Waals surface area contributed by atoms with Gasteiger partial charge in [0.2, 0.25) is 0 Å². The van der Waals surface area contributed by atoms with Crippen LogP contribution in [0, 0.1) is 5.92 Å². The van der Waals surface area contributed by atoms with Crippen LogP contribution in [0.2, 0.25) is 10.0 Å². The van der Waals surface area contributed by atoms with Crippen LogP contribution in [0.1, 0.15) is 26.5 Å². The van der Waals surface area contributed by atoms with E-state index in [0.717, 1.165) is 30.0 Å². The predicted molar refractivity (Wildman–Crippen MR) is 90.2 cm³/mol. The lowest BCUT2D eigenvalue weighted by Crippen LogP contribution is -2.06. The zero-order valence-electron chi connectivity index (χ0n) is 12.5. The number of aromatic nitrogens is 2. The van der Waals surface area contributed by atoms with E-state index in [1.807, 2.05) is 25.1 Å². The lowest BCUT2D eigenvalue weighted by Gasteiger charge is -2.11. The fraction of sp³-hybridized carbons (Fsp3) is 0.375. The minimum Gasteiger partial charge on any atom is -0.370 e. The molecule has 0 spiro atoms. The van der Waals surface area contributed by atoms with Crippen molar-refractivity contribution in [3.8, 4) is 11.4 Å². The van der Waals surface area contributed by atoms with Gasteiger partial charge in [-0.25, -0.2) is 9.97 Å². The fourth-order valence-electron chi connectivity index (χ4n) is 2.10. The number of benzene rings is 1. The number of rotatable bonds is 5. The highest BCUT2D eigenvalue weighted by molar-refractivity contribution is 6.35. The molecule has 1 aromatic heterocycles. The molecule has 0 bridgehead atoms. The molecule has 112 valence electrons. The summed E-state index contributed by atoms with van der Waals surface area (Å²) in [6, 6.07) is 7.37. The van der Waals surface area contributed by atoms with Gasteiger partial charge in [-0.3, -0.25) is 0 Å². The molecule has 2 rings (SSSR count). The molecule has 0 aliphatic carbocycles. The SMILES string of the molecule is CCNc1cc(CC(C)C)nc(-c2cc(Cl)cc(Cl)c2)n1. The molecule has 0 saturated carbocycles. The Kier molecular flexibility index (Phi) is 5.43. The molecule has 0 radical (unpaired) electrons. The van der Waals surface area contributed by atoms with Crippen molar-refractivity contribution < 1.29 is 0 Å². The average Bonchev–Trinajstić information content (AvgIpc) is 2.36. The van der Waals surface area contributed by atoms with Gasteiger partial charge in [-0.15, -0.1) is 0 Å². The first-order valence-electron chi connectivity index (χ1n) is 7.06. The van der Waals surface area contributed by atoms with E-state index in [1.165, 1.54) is 0 Å². The minimum atomic E-state index is 0.533. The molecule has 0 aliphatic heterocycles. The molecule has 0 aliphatic rings. The molecule has 1 aromatic carbocycles. The second-order valence-corrected chi connectivity index (χ2v) is 6.23. The van der Waals surface area contributed by atoms with E-state index in [4.69, 9.17) is 23.2 Å². The summed E-state index contributed by atoms with van der Waals surface area (Å²) in [5.41, 5.74) is 1.85. The zero-order valence-corrected chi connectivity index (χ0v) is 14.0. The molecule has 1 N–H and O–H groups in total. The van der Waals surface area contributed by atoms with Gasteiger partial charge >= 0.3 is 0 Å². The van der Waals surface area contributed by atoms with Crippen LogP contribution >= 0.6 is 23.2 Å². The van der Waals surface area contributed by atoms with Gasteiger partial charge in [0.1, 0.15) is 5.82 Å². The molecule has 5 heteroatoms. The first-order valence-corrected chi connectivity index (χ1v) is 7.81. The largest absolute Gasteiger partial charge is 0.370 e. The van der Waals surface area contributed by atoms with E-state index in [1.54, 1.807) is 6.07 Å². The number of nitrogens with one attached hydrogen (secondary N) is 1. The van der Waals surface area contributed by atoms with Gasteiger partial charge < -0.3 is 5.32 Å². The van der Waals surface area contributed by atoms with E-state index in [-0.39, 0.29) is 0 Å². The molecule has 2 aromatic rings. The van der Waals surface area contributed by atoms with E-state index in [9.17, 15) is 0 Å². The Hall–Kier alpha value is -1.32. The van der Waals surface area contributed by atoms with Crippen LogP contribution in [0.3, 0.4) is 0 Å². The molecule has 0 unspecified atom stereocenters. The Morgan fingerprint density at radius 1 is 1.05 bits per heavy atom. The van der Waals surface area contributed by atoms with E-state index < -0.39 is 0 Å². The molecule has 0 amide bonds. The summed E-state index contributed by atoms with van der Waals surface area (Å²) in [7, 11) is 0. The maximum Gasteiger partial charge on any atom is 0.161 e. The summed E-state index contributed by atoms with van der Waals surface area (Å²) in [6.45, 7) is 7.20. The standard InChI is InChI=1S/C16H19Cl2N3/c1-4-19-15-9-14(5-10(2)3)20-16(21-15)11-6-12(17)8-13(18)7-11/h6-10H,4-5H2,1-3H3,(H,19,20,21). The van der Waals surface area contributed by atoms with Gasteiger partial charge in [-0.05, 0) is 37.5 Å². The molecule has 1 heterocycles. The van der Waals surface area contributed by atoms with Gasteiger partial charge in [0.15, 0.2) is 5.82 Å². The van der Waals surface area contributed by atoms with Gasteiger partial charge in [-0.2, -0.15) is 0 Å². The van der Waals surface area contributed by atoms with Crippen LogP contribution in [0.25, 0.3) is 11.4 Å². The Bertz CT molecular complexity index is 607. The first-order chi connectivity index (χ1) is 9.97. The first kappa shape index (κ1) is 16.1. The molecule has 3 nitrogen and oxygen atoms in total. The van der Waals surface area contributed by atoms with Crippen LogP contribution in [-0.2, 0) is 6.42 Å². The van der Waals surface area contributed by atoms with Crippen molar-refractivity contribution in [2.45, 2.75) is 27.2 Å². The third kappa shape index (κ3) is 4.58. The third-order valence-electron chi connectivity index (χ3n) is 2.88. The van der Waals surface area contributed by atoms with Crippen LogP contribution in [-0.4, -0.2) is 16.5 Å². The summed E-state index contributed by atoms with van der Waals surface area (Å²) in [6.07, 6.45) is 0.905. The van der Waals surface area contributed by atoms with Crippen LogP contribution < -0.4 is 5.32 Å². The number of hydrogen-bond acceptors (Lipinski definition) is 3. The molecular weight excluding hydrogens is 305 g/mol. The maximum atomic E-state index is 6.07. The Morgan fingerprint density at radius 2 is 1.71 bits per heavy atom. The Morgan fingerprint density at radius 3 is 2.29 bits per heavy atom. The highest BCUT2D eigenvalue weighted by Gasteiger charge is 2.09. The predicted octanol–water partition coefficient (Wildman–Crippen LogP) is 5.08. The fourth-order valence-corrected chi connectivity index (χ4v) is 2.63. The summed E-state index contributed by atoms with van der Waals surface area (Å²) in [4.78, 5) is 9.18. The van der Waals surface area contributed by atoms with Crippen molar-refractivity contribution in [2.75, 3.05) is 11.9 Å². The number of nitrogens with zero attached hydrogens (tertiary/aromatic N) is 2. The minimum absolute atomic E-state index is 0.533. The highest BCUT2D eigenvalue weighted by atomic mass is 35.5. The summed E-state index contributed by atoms with van der Waals surface area (Å²) in [5.74, 6) is 2.01. The van der Waals surface area contributed by atoms with Crippen molar-refractivity contribution in [1.82, 2.24) is 9.97 Å². The van der Waals surface area contributed by atoms with Crippen molar-refractivity contribution >= 4 is 29.0 Å². The van der Waals surface area contributed by atoms with E-state index in [0.29, 0.717) is 21.8 Å². The smallest absolute Gasteiger partial charge is 0.161 e. The molecule has 0 atom stereocenters. The third-order valence-corrected chi connectivity index (χ3v) is 3.31. The summed E-state index contributed by atoms with van der Waals surface area (Å²) < 4.78 is 0. The second kappa shape index (κ2) is 7.10. The summed E-state index contributed by atoms with van der Waals surface area (Å²) >= 11 is 12.1. The monoisotopic (exact) mass is 323 g/mol. The molecule has 21 heavy (non-hydrogen) atoms. The van der Waals surface area contributed by atoms with Gasteiger partial charge in [0.05, 0.1) is 0 Å². The lowest BCUT2D eigenvalue weighted by atomic mass is 10.1. The normalized spacial score (nSPS) is 11.0. The molecular formula is C16H19Cl2N3. The van der Waals surface area contributed by atoms with E-state index in [2.05, 4.69) is 29.1 Å². The van der Waals surface area contributed by atoms with Crippen LogP contribution in [0.4, 0.5) is 5.82 Å². The maximum absolute atomic E-state index is 6.07. The molecule has 0 fully saturated rings. The zero-order chi connectivity index (χ0) is 15.4. The van der Waals surface area contributed by atoms with Crippen molar-refractivity contribution in [2.24, 2.45) is 5.92 Å². The highest BCUT2D eigenvalue weighted by Crippen LogP contribution is 2.26. The van der Waals surface area contributed by atoms with Gasteiger partial charge in [-0.1, -0.05) is 37.0 Å².